The van der Waals surface area contributed by atoms with Gasteiger partial charge >= 0.3 is 17.8 Å². The van der Waals surface area contributed by atoms with E-state index in [1.165, 1.54) is 0 Å². The Kier molecular flexibility index (Phi) is 4.72. The molecule has 8 nitrogen and oxygen atoms in total. The van der Waals surface area contributed by atoms with Crippen LogP contribution in [0.2, 0.25) is 0 Å². The van der Waals surface area contributed by atoms with Crippen molar-refractivity contribution >= 4 is 35.2 Å². The number of Topliss-reactive ketones (excluding diaryl/α,β-unsaturated/α-hetero) is 1. The zero-order valence-corrected chi connectivity index (χ0v) is 16.4. The van der Waals surface area contributed by atoms with Gasteiger partial charge in [0.1, 0.15) is 0 Å². The summed E-state index contributed by atoms with van der Waals surface area (Å²) in [7, 11) is 0. The molecule has 1 aromatic carbocycles. The maximum Gasteiger partial charge on any atom is 0.334 e. The number of fused-ring (bicyclic) bond motifs is 1. The molecule has 8 heteroatoms. The molecule has 5 amide bonds. The number of amides is 5. The van der Waals surface area contributed by atoms with Crippen LogP contribution in [0.25, 0.3) is 0 Å². The van der Waals surface area contributed by atoms with Crippen molar-refractivity contribution in [1.29, 1.82) is 0 Å². The van der Waals surface area contributed by atoms with Gasteiger partial charge in [-0.2, -0.15) is 0 Å². The predicted octanol–water partition coefficient (Wildman–Crippen LogP) is 2.29. The van der Waals surface area contributed by atoms with E-state index in [2.05, 4.69) is 5.32 Å². The molecule has 1 saturated heterocycles. The Morgan fingerprint density at radius 3 is 2.52 bits per heavy atom. The van der Waals surface area contributed by atoms with Crippen LogP contribution >= 0.6 is 0 Å². The lowest BCUT2D eigenvalue weighted by Crippen LogP contribution is -2.46. The highest BCUT2D eigenvalue weighted by Gasteiger charge is 2.49. The Labute approximate surface area is 168 Å². The number of hydrogen-bond acceptors (Lipinski definition) is 5. The van der Waals surface area contributed by atoms with Gasteiger partial charge in [0.2, 0.25) is 5.91 Å². The second-order valence-electron chi connectivity index (χ2n) is 8.11. The minimum atomic E-state index is -0.951. The van der Waals surface area contributed by atoms with Crippen molar-refractivity contribution < 1.29 is 24.0 Å². The van der Waals surface area contributed by atoms with E-state index in [1.54, 1.807) is 25.1 Å². The van der Waals surface area contributed by atoms with Gasteiger partial charge in [-0.15, -0.1) is 0 Å². The molecular weight excluding hydrogens is 374 g/mol. The van der Waals surface area contributed by atoms with Crippen LogP contribution in [0.15, 0.2) is 18.2 Å². The fourth-order valence-corrected chi connectivity index (χ4v) is 4.46. The Hall–Kier alpha value is -3.03. The van der Waals surface area contributed by atoms with Crippen molar-refractivity contribution in [2.45, 2.75) is 51.5 Å². The maximum absolute atomic E-state index is 12.8. The fraction of sp³-hybridized carbons (Fsp3) is 0.476. The van der Waals surface area contributed by atoms with E-state index < -0.39 is 30.2 Å². The van der Waals surface area contributed by atoms with E-state index in [-0.39, 0.29) is 23.8 Å². The van der Waals surface area contributed by atoms with Crippen molar-refractivity contribution in [3.05, 3.63) is 29.3 Å². The summed E-state index contributed by atoms with van der Waals surface area (Å²) >= 11 is 0. The third kappa shape index (κ3) is 3.12. The van der Waals surface area contributed by atoms with Gasteiger partial charge in [0, 0.05) is 17.3 Å². The number of carbonyl (C=O) groups excluding carboxylic acids is 5. The summed E-state index contributed by atoms with van der Waals surface area (Å²) in [6.07, 6.45) is 3.52. The quantitative estimate of drug-likeness (QED) is 0.477. The number of nitrogens with zero attached hydrogens (tertiary/aromatic N) is 2. The molecule has 1 N–H and O–H groups in total. The van der Waals surface area contributed by atoms with Crippen molar-refractivity contribution in [2.75, 3.05) is 11.9 Å². The molecule has 2 aliphatic heterocycles. The fourth-order valence-electron chi connectivity index (χ4n) is 4.46. The summed E-state index contributed by atoms with van der Waals surface area (Å²) < 4.78 is 0. The van der Waals surface area contributed by atoms with Crippen molar-refractivity contribution in [1.82, 2.24) is 9.80 Å². The lowest BCUT2D eigenvalue weighted by Gasteiger charge is -2.34. The first-order valence-electron chi connectivity index (χ1n) is 9.96. The minimum absolute atomic E-state index is 0.128. The van der Waals surface area contributed by atoms with Crippen LogP contribution < -0.4 is 5.32 Å². The van der Waals surface area contributed by atoms with Gasteiger partial charge in [0.25, 0.3) is 0 Å². The molecule has 3 atom stereocenters. The van der Waals surface area contributed by atoms with E-state index in [1.807, 2.05) is 6.92 Å². The van der Waals surface area contributed by atoms with Gasteiger partial charge in [-0.1, -0.05) is 19.8 Å². The van der Waals surface area contributed by atoms with Crippen LogP contribution in [0.5, 0.6) is 0 Å². The third-order valence-corrected chi connectivity index (χ3v) is 6.27. The smallest absolute Gasteiger partial charge is 0.325 e. The van der Waals surface area contributed by atoms with Crippen LogP contribution in [-0.4, -0.2) is 51.9 Å². The number of anilines is 1. The van der Waals surface area contributed by atoms with Gasteiger partial charge in [0.15, 0.2) is 5.78 Å². The van der Waals surface area contributed by atoms with E-state index in [0.717, 1.165) is 29.1 Å². The predicted molar refractivity (Wildman–Crippen MR) is 103 cm³/mol. The monoisotopic (exact) mass is 397 g/mol. The lowest BCUT2D eigenvalue weighted by molar-refractivity contribution is -0.144. The zero-order chi connectivity index (χ0) is 20.9. The van der Waals surface area contributed by atoms with Gasteiger partial charge < -0.3 is 5.32 Å². The molecule has 2 fully saturated rings. The van der Waals surface area contributed by atoms with Crippen molar-refractivity contribution in [3.63, 3.8) is 0 Å². The molecule has 3 aliphatic rings. The molecule has 0 unspecified atom stereocenters. The van der Waals surface area contributed by atoms with Gasteiger partial charge in [-0.05, 0) is 49.4 Å². The van der Waals surface area contributed by atoms with E-state index >= 15 is 0 Å². The third-order valence-electron chi connectivity index (χ3n) is 6.27. The molecule has 1 aromatic rings. The first-order chi connectivity index (χ1) is 13.8. The van der Waals surface area contributed by atoms with Crippen LogP contribution in [0.4, 0.5) is 10.5 Å². The highest BCUT2D eigenvalue weighted by Crippen LogP contribution is 2.33. The van der Waals surface area contributed by atoms with E-state index in [4.69, 9.17) is 0 Å². The second kappa shape index (κ2) is 7.09. The number of rotatable bonds is 4. The average Bonchev–Trinajstić information content (AvgIpc) is 3.10. The van der Waals surface area contributed by atoms with Gasteiger partial charge in [-0.25, -0.2) is 9.69 Å². The van der Waals surface area contributed by atoms with Crippen molar-refractivity contribution in [3.8, 4) is 0 Å². The van der Waals surface area contributed by atoms with Crippen LogP contribution in [0.1, 0.15) is 61.4 Å². The number of nitrogens with one attached hydrogen (secondary N) is 1. The molecule has 152 valence electrons. The summed E-state index contributed by atoms with van der Waals surface area (Å²) in [5.41, 5.74) is 1.65. The summed E-state index contributed by atoms with van der Waals surface area (Å²) in [5, 5.41) is 2.73. The Morgan fingerprint density at radius 2 is 1.79 bits per heavy atom. The van der Waals surface area contributed by atoms with Crippen molar-refractivity contribution in [2.24, 2.45) is 5.92 Å². The summed E-state index contributed by atoms with van der Waals surface area (Å²) in [5.74, 6) is -2.64. The topological polar surface area (TPSA) is 104 Å². The number of ketones is 1. The summed E-state index contributed by atoms with van der Waals surface area (Å²) in [6, 6.07) is 3.78. The van der Waals surface area contributed by atoms with Crippen LogP contribution in [0.3, 0.4) is 0 Å². The summed E-state index contributed by atoms with van der Waals surface area (Å²) in [4.78, 5) is 64.1. The van der Waals surface area contributed by atoms with Gasteiger partial charge in [0.05, 0.1) is 12.5 Å². The molecular formula is C21H23N3O5. The van der Waals surface area contributed by atoms with E-state index in [0.29, 0.717) is 23.2 Å². The zero-order valence-electron chi connectivity index (χ0n) is 16.4. The molecule has 4 rings (SSSR count). The van der Waals surface area contributed by atoms with Crippen LogP contribution in [-0.2, 0) is 14.4 Å². The first kappa shape index (κ1) is 19.3. The normalized spacial score (nSPS) is 26.8. The Bertz CT molecular complexity index is 940. The van der Waals surface area contributed by atoms with E-state index in [9.17, 15) is 24.0 Å². The molecule has 1 saturated carbocycles. The molecule has 1 aliphatic carbocycles. The largest absolute Gasteiger partial charge is 0.334 e. The molecule has 0 aromatic heterocycles. The molecule has 0 bridgehead atoms. The second-order valence-corrected chi connectivity index (χ2v) is 8.11. The lowest BCUT2D eigenvalue weighted by atomic mass is 9.85. The number of benzene rings is 1. The highest BCUT2D eigenvalue weighted by atomic mass is 16.2. The SMILES string of the molecule is C[C@@H]1C(=O)Nc2ccc(C(=O)CN3C(=O)C(=O)N([C@@H]4CCCC[C@H]4C)C3=O)cc21. The molecule has 2 heterocycles. The minimum Gasteiger partial charge on any atom is -0.325 e. The molecule has 0 radical (unpaired) electrons. The first-order valence-corrected chi connectivity index (χ1v) is 9.96. The average molecular weight is 397 g/mol. The Balaban J connectivity index is 1.53. The molecule has 0 spiro atoms. The Morgan fingerprint density at radius 1 is 1.07 bits per heavy atom. The van der Waals surface area contributed by atoms with Gasteiger partial charge in [-0.3, -0.25) is 24.1 Å². The standard InChI is InChI=1S/C21H23N3O5/c1-11-5-3-4-6-16(11)24-20(28)19(27)23(21(24)29)10-17(25)13-7-8-15-14(9-13)12(2)18(26)22-15/h7-9,11-12,16H,3-6,10H2,1-2H3,(H,22,26)/t11-,12+,16-/m1/s1. The highest BCUT2D eigenvalue weighted by molar-refractivity contribution is 6.45. The number of imide groups is 2. The number of urea groups is 1. The number of carbonyl (C=O) groups is 5. The molecule has 29 heavy (non-hydrogen) atoms. The number of hydrogen-bond donors (Lipinski definition) is 1. The maximum atomic E-state index is 12.8. The summed E-state index contributed by atoms with van der Waals surface area (Å²) in [6.45, 7) is 3.23. The van der Waals surface area contributed by atoms with Crippen LogP contribution in [0, 0.1) is 5.92 Å².